The van der Waals surface area contributed by atoms with E-state index in [1.807, 2.05) is 0 Å². The quantitative estimate of drug-likeness (QED) is 0.496. The van der Waals surface area contributed by atoms with Crippen LogP contribution < -0.4 is 5.32 Å². The molecule has 4 aliphatic rings. The molecule has 35 heavy (non-hydrogen) atoms. The van der Waals surface area contributed by atoms with Crippen molar-refractivity contribution in [3.63, 3.8) is 0 Å². The van der Waals surface area contributed by atoms with Gasteiger partial charge in [0, 0.05) is 24.5 Å². The number of nitrogens with zero attached hydrogens (tertiary/aromatic N) is 1. The topological polar surface area (TPSA) is 103 Å². The van der Waals surface area contributed by atoms with Crippen molar-refractivity contribution in [3.8, 4) is 0 Å². The minimum absolute atomic E-state index is 0.0214. The predicted octanol–water partition coefficient (Wildman–Crippen LogP) is 4.40. The number of anilines is 1. The van der Waals surface area contributed by atoms with Gasteiger partial charge in [-0.3, -0.25) is 9.78 Å². The van der Waals surface area contributed by atoms with Gasteiger partial charge in [0.25, 0.3) is 0 Å². The van der Waals surface area contributed by atoms with Gasteiger partial charge in [0.1, 0.15) is 0 Å². The van der Waals surface area contributed by atoms with Gasteiger partial charge in [-0.2, -0.15) is 0 Å². The lowest BCUT2D eigenvalue weighted by atomic mass is 9.43. The molecule has 1 heterocycles. The number of aliphatic hydroxyl groups excluding tert-OH is 3. The van der Waals surface area contributed by atoms with Gasteiger partial charge < -0.3 is 20.6 Å². The third-order valence-electron chi connectivity index (χ3n) is 11.3. The molecule has 11 unspecified atom stereocenters. The summed E-state index contributed by atoms with van der Waals surface area (Å²) in [5.74, 6) is 1.90. The number of nitrogens with one attached hydrogen (secondary N) is 1. The van der Waals surface area contributed by atoms with E-state index in [9.17, 15) is 20.1 Å². The molecular formula is C29H44N2O4. The smallest absolute Gasteiger partial charge is 0.224 e. The normalized spacial score (nSPS) is 45.7. The number of carbonyl (C=O) groups is 1. The Labute approximate surface area is 209 Å². The lowest BCUT2D eigenvalue weighted by Gasteiger charge is -2.63. The lowest BCUT2D eigenvalue weighted by Crippen LogP contribution is -2.62. The van der Waals surface area contributed by atoms with Crippen LogP contribution in [0.25, 0.3) is 0 Å². The molecule has 0 aromatic carbocycles. The van der Waals surface area contributed by atoms with Crippen LogP contribution in [0.15, 0.2) is 24.5 Å². The van der Waals surface area contributed by atoms with Crippen molar-refractivity contribution in [2.45, 2.75) is 96.9 Å². The largest absolute Gasteiger partial charge is 0.393 e. The summed E-state index contributed by atoms with van der Waals surface area (Å²) in [4.78, 5) is 16.5. The molecule has 6 nitrogen and oxygen atoms in total. The van der Waals surface area contributed by atoms with Crippen molar-refractivity contribution in [1.29, 1.82) is 0 Å². The second-order valence-corrected chi connectivity index (χ2v) is 12.8. The zero-order chi connectivity index (χ0) is 25.0. The number of hydrogen-bond acceptors (Lipinski definition) is 5. The monoisotopic (exact) mass is 484 g/mol. The first-order chi connectivity index (χ1) is 16.6. The molecule has 1 amide bonds. The highest BCUT2D eigenvalue weighted by Gasteiger charge is 2.65. The van der Waals surface area contributed by atoms with E-state index in [-0.39, 0.29) is 41.0 Å². The SMILES string of the molecule is CC(CCC(=O)Nc1ccncc1)C1CCC2C3C(O)CC4CC(O)CCC4(C)C3CC(O)C12C. The second-order valence-electron chi connectivity index (χ2n) is 12.8. The Morgan fingerprint density at radius 1 is 1.09 bits per heavy atom. The molecule has 0 saturated heterocycles. The molecule has 194 valence electrons. The van der Waals surface area contributed by atoms with Gasteiger partial charge in [0.05, 0.1) is 18.3 Å². The van der Waals surface area contributed by atoms with Crippen molar-refractivity contribution in [2.75, 3.05) is 5.32 Å². The summed E-state index contributed by atoms with van der Waals surface area (Å²) in [7, 11) is 0. The first-order valence-electron chi connectivity index (χ1n) is 13.9. The van der Waals surface area contributed by atoms with E-state index in [1.54, 1.807) is 24.5 Å². The molecule has 4 fully saturated rings. The highest BCUT2D eigenvalue weighted by atomic mass is 16.3. The zero-order valence-electron chi connectivity index (χ0n) is 21.6. The van der Waals surface area contributed by atoms with Crippen LogP contribution in [-0.2, 0) is 4.79 Å². The molecule has 4 aliphatic carbocycles. The Kier molecular flexibility index (Phi) is 6.77. The highest BCUT2D eigenvalue weighted by Crippen LogP contribution is 2.68. The van der Waals surface area contributed by atoms with Crippen molar-refractivity contribution in [2.24, 2.45) is 46.3 Å². The highest BCUT2D eigenvalue weighted by molar-refractivity contribution is 5.90. The minimum atomic E-state index is -0.385. The average Bonchev–Trinajstić information content (AvgIpc) is 3.18. The van der Waals surface area contributed by atoms with Gasteiger partial charge in [-0.15, -0.1) is 0 Å². The fourth-order valence-corrected chi connectivity index (χ4v) is 9.35. The lowest BCUT2D eigenvalue weighted by molar-refractivity contribution is -0.207. The Morgan fingerprint density at radius 2 is 1.83 bits per heavy atom. The number of fused-ring (bicyclic) bond motifs is 5. The zero-order valence-corrected chi connectivity index (χ0v) is 21.6. The molecule has 0 bridgehead atoms. The van der Waals surface area contributed by atoms with Crippen molar-refractivity contribution in [1.82, 2.24) is 4.98 Å². The first-order valence-corrected chi connectivity index (χ1v) is 13.9. The van der Waals surface area contributed by atoms with Crippen LogP contribution in [0, 0.1) is 46.3 Å². The van der Waals surface area contributed by atoms with Crippen LogP contribution in [0.5, 0.6) is 0 Å². The van der Waals surface area contributed by atoms with Gasteiger partial charge in [-0.1, -0.05) is 20.8 Å². The second kappa shape index (κ2) is 9.42. The average molecular weight is 485 g/mol. The van der Waals surface area contributed by atoms with Crippen LogP contribution in [0.4, 0.5) is 5.69 Å². The van der Waals surface area contributed by atoms with Crippen LogP contribution in [-0.4, -0.2) is 44.5 Å². The molecule has 4 saturated carbocycles. The van der Waals surface area contributed by atoms with E-state index >= 15 is 0 Å². The summed E-state index contributed by atoms with van der Waals surface area (Å²) < 4.78 is 0. The number of rotatable bonds is 5. The number of hydrogen-bond donors (Lipinski definition) is 4. The third-order valence-corrected chi connectivity index (χ3v) is 11.3. The van der Waals surface area contributed by atoms with E-state index < -0.39 is 0 Å². The van der Waals surface area contributed by atoms with Crippen LogP contribution in [0.2, 0.25) is 0 Å². The first kappa shape index (κ1) is 25.2. The summed E-state index contributed by atoms with van der Waals surface area (Å²) in [6, 6.07) is 3.60. The summed E-state index contributed by atoms with van der Waals surface area (Å²) >= 11 is 0. The Morgan fingerprint density at radius 3 is 2.57 bits per heavy atom. The fourth-order valence-electron chi connectivity index (χ4n) is 9.35. The molecule has 11 atom stereocenters. The minimum Gasteiger partial charge on any atom is -0.393 e. The van der Waals surface area contributed by atoms with E-state index in [2.05, 4.69) is 31.1 Å². The Hall–Kier alpha value is -1.50. The van der Waals surface area contributed by atoms with E-state index in [0.29, 0.717) is 36.0 Å². The van der Waals surface area contributed by atoms with Gasteiger partial charge in [-0.05, 0) is 110 Å². The molecule has 1 aromatic rings. The molecule has 1 aromatic heterocycles. The number of aliphatic hydroxyl groups is 3. The number of aromatic nitrogens is 1. The van der Waals surface area contributed by atoms with Gasteiger partial charge in [0.2, 0.25) is 5.91 Å². The third kappa shape index (κ3) is 4.23. The molecule has 6 heteroatoms. The van der Waals surface area contributed by atoms with Crippen LogP contribution in [0.1, 0.15) is 78.6 Å². The maximum atomic E-state index is 12.6. The standard InChI is InChI=1S/C29H44N2O4/c1-17(4-7-26(35)31-19-9-12-30-13-10-19)21-5-6-22-27-23(16-25(34)29(21,22)3)28(2)11-8-20(32)14-18(28)15-24(27)33/h9-10,12-13,17-18,20-25,27,32-34H,4-8,11,14-16H2,1-3H3,(H,30,31,35). The van der Waals surface area contributed by atoms with Gasteiger partial charge in [-0.25, -0.2) is 0 Å². The Bertz CT molecular complexity index is 911. The van der Waals surface area contributed by atoms with Crippen LogP contribution in [0.3, 0.4) is 0 Å². The van der Waals surface area contributed by atoms with E-state index in [4.69, 9.17) is 0 Å². The fraction of sp³-hybridized carbons (Fsp3) is 0.793. The predicted molar refractivity (Wildman–Crippen MR) is 135 cm³/mol. The molecule has 5 rings (SSSR count). The molecule has 0 spiro atoms. The number of amides is 1. The molecule has 0 aliphatic heterocycles. The summed E-state index contributed by atoms with van der Waals surface area (Å²) in [5.41, 5.74) is 0.647. The maximum absolute atomic E-state index is 12.6. The van der Waals surface area contributed by atoms with E-state index in [1.165, 1.54) is 0 Å². The summed E-state index contributed by atoms with van der Waals surface area (Å²) in [6.45, 7) is 6.89. The Balaban J connectivity index is 1.29. The molecular weight excluding hydrogens is 440 g/mol. The van der Waals surface area contributed by atoms with Crippen molar-refractivity contribution in [3.05, 3.63) is 24.5 Å². The molecule has 4 N–H and O–H groups in total. The van der Waals surface area contributed by atoms with Crippen LogP contribution >= 0.6 is 0 Å². The summed E-state index contributed by atoms with van der Waals surface area (Å²) in [6.07, 6.45) is 9.90. The molecule has 0 radical (unpaired) electrons. The van der Waals surface area contributed by atoms with Gasteiger partial charge in [0.15, 0.2) is 0 Å². The van der Waals surface area contributed by atoms with Gasteiger partial charge >= 0.3 is 0 Å². The maximum Gasteiger partial charge on any atom is 0.224 e. The number of pyridine rings is 1. The van der Waals surface area contributed by atoms with E-state index in [0.717, 1.165) is 57.1 Å². The van der Waals surface area contributed by atoms with Crippen molar-refractivity contribution >= 4 is 11.6 Å². The van der Waals surface area contributed by atoms with Crippen molar-refractivity contribution < 1.29 is 20.1 Å². The number of carbonyl (C=O) groups excluding carboxylic acids is 1. The summed E-state index contributed by atoms with van der Waals surface area (Å²) in [5, 5.41) is 36.4.